The van der Waals surface area contributed by atoms with Crippen LogP contribution in [-0.2, 0) is 31.1 Å². The van der Waals surface area contributed by atoms with Crippen molar-refractivity contribution in [1.29, 1.82) is 0 Å². The van der Waals surface area contributed by atoms with Crippen LogP contribution < -0.4 is 9.47 Å². The predicted molar refractivity (Wildman–Crippen MR) is 131 cm³/mol. The number of benzene rings is 2. The van der Waals surface area contributed by atoms with E-state index < -0.39 is 5.41 Å². The highest BCUT2D eigenvalue weighted by molar-refractivity contribution is 6.10. The zero-order valence-electron chi connectivity index (χ0n) is 20.6. The Morgan fingerprint density at radius 3 is 2.67 bits per heavy atom. The molecule has 3 aliphatic heterocycles. The van der Waals surface area contributed by atoms with Gasteiger partial charge in [0.25, 0.3) is 0 Å². The van der Waals surface area contributed by atoms with Gasteiger partial charge in [-0.1, -0.05) is 43.3 Å². The summed E-state index contributed by atoms with van der Waals surface area (Å²) in [5.74, 6) is 0.501. The molecule has 0 aliphatic carbocycles. The number of fused-ring (bicyclic) bond motifs is 1. The Morgan fingerprint density at radius 1 is 1.11 bits per heavy atom. The fourth-order valence-electron chi connectivity index (χ4n) is 5.40. The molecule has 2 aromatic carbocycles. The molecule has 190 valence electrons. The third-order valence-electron chi connectivity index (χ3n) is 7.26. The molecule has 5 rings (SSSR count). The van der Waals surface area contributed by atoms with Crippen molar-refractivity contribution in [3.8, 4) is 11.5 Å². The van der Waals surface area contributed by atoms with Crippen LogP contribution >= 0.6 is 0 Å². The van der Waals surface area contributed by atoms with Gasteiger partial charge in [-0.05, 0) is 42.5 Å². The van der Waals surface area contributed by atoms with Crippen LogP contribution in [-0.4, -0.2) is 60.1 Å². The van der Waals surface area contributed by atoms with Gasteiger partial charge in [0.05, 0.1) is 18.1 Å². The molecule has 2 atom stereocenters. The predicted octanol–water partition coefficient (Wildman–Crippen LogP) is 3.42. The van der Waals surface area contributed by atoms with Gasteiger partial charge < -0.3 is 19.1 Å². The molecule has 0 N–H and O–H groups in total. The minimum Gasteiger partial charge on any atom is -0.454 e. The zero-order valence-corrected chi connectivity index (χ0v) is 20.6. The van der Waals surface area contributed by atoms with Crippen LogP contribution in [0.15, 0.2) is 48.5 Å². The van der Waals surface area contributed by atoms with Crippen molar-refractivity contribution in [1.82, 2.24) is 9.80 Å². The van der Waals surface area contributed by atoms with Crippen LogP contribution in [0.5, 0.6) is 11.5 Å². The van der Waals surface area contributed by atoms with Gasteiger partial charge in [-0.3, -0.25) is 19.3 Å². The third-order valence-corrected chi connectivity index (χ3v) is 7.26. The summed E-state index contributed by atoms with van der Waals surface area (Å²) in [4.78, 5) is 44.0. The van der Waals surface area contributed by atoms with E-state index in [9.17, 15) is 14.4 Å². The van der Waals surface area contributed by atoms with Gasteiger partial charge in [0.15, 0.2) is 11.5 Å². The molecule has 2 aromatic rings. The highest BCUT2D eigenvalue weighted by Gasteiger charge is 2.54. The molecule has 8 heteroatoms. The first-order valence-electron chi connectivity index (χ1n) is 12.7. The highest BCUT2D eigenvalue weighted by Crippen LogP contribution is 2.41. The SMILES string of the molecule is CCCN(C[C@H]1CCCO1)C(=O)C[C@@]1(c2ccccc2)CC(=O)N(Cc2ccc3c(c2)OCO3)C1=O. The number of likely N-dealkylation sites (tertiary alicyclic amines) is 1. The number of imide groups is 1. The van der Waals surface area contributed by atoms with Gasteiger partial charge in [0.1, 0.15) is 0 Å². The number of hydrogen-bond donors (Lipinski definition) is 0. The van der Waals surface area contributed by atoms with Gasteiger partial charge in [-0.15, -0.1) is 0 Å². The van der Waals surface area contributed by atoms with E-state index >= 15 is 0 Å². The molecule has 0 aromatic heterocycles. The van der Waals surface area contributed by atoms with E-state index in [1.54, 1.807) is 17.0 Å². The fraction of sp³-hybridized carbons (Fsp3) is 0.464. The molecule has 0 radical (unpaired) electrons. The quantitative estimate of drug-likeness (QED) is 0.499. The zero-order chi connectivity index (χ0) is 25.1. The second-order valence-corrected chi connectivity index (χ2v) is 9.75. The first kappa shape index (κ1) is 24.3. The molecule has 36 heavy (non-hydrogen) atoms. The summed E-state index contributed by atoms with van der Waals surface area (Å²) in [5.41, 5.74) is 0.231. The normalized spacial score (nSPS) is 22.9. The first-order chi connectivity index (χ1) is 17.5. The topological polar surface area (TPSA) is 85.4 Å². The molecule has 0 bridgehead atoms. The molecule has 3 aliphatic rings. The number of amides is 3. The van der Waals surface area contributed by atoms with Crippen molar-refractivity contribution in [2.24, 2.45) is 0 Å². The van der Waals surface area contributed by atoms with Gasteiger partial charge in [-0.2, -0.15) is 0 Å². The molecule has 3 heterocycles. The molecule has 0 saturated carbocycles. The van der Waals surface area contributed by atoms with Crippen LogP contribution in [0, 0.1) is 0 Å². The van der Waals surface area contributed by atoms with Gasteiger partial charge in [-0.25, -0.2) is 0 Å². The van der Waals surface area contributed by atoms with Crippen LogP contribution in [0.4, 0.5) is 0 Å². The van der Waals surface area contributed by atoms with Crippen molar-refractivity contribution in [2.45, 2.75) is 57.1 Å². The van der Waals surface area contributed by atoms with E-state index in [-0.39, 0.29) is 50.0 Å². The lowest BCUT2D eigenvalue weighted by Crippen LogP contribution is -2.45. The van der Waals surface area contributed by atoms with Crippen LogP contribution in [0.1, 0.15) is 50.2 Å². The molecule has 2 fully saturated rings. The van der Waals surface area contributed by atoms with Crippen molar-refractivity contribution >= 4 is 17.7 Å². The second-order valence-electron chi connectivity index (χ2n) is 9.75. The summed E-state index contributed by atoms with van der Waals surface area (Å²) in [6.45, 7) is 4.12. The number of nitrogens with zero attached hydrogens (tertiary/aromatic N) is 2. The van der Waals surface area contributed by atoms with E-state index in [1.807, 2.05) is 43.3 Å². The summed E-state index contributed by atoms with van der Waals surface area (Å²) >= 11 is 0. The van der Waals surface area contributed by atoms with Gasteiger partial charge in [0.2, 0.25) is 24.5 Å². The third kappa shape index (κ3) is 4.69. The summed E-state index contributed by atoms with van der Waals surface area (Å²) in [7, 11) is 0. The first-order valence-corrected chi connectivity index (χ1v) is 12.7. The molecular weight excluding hydrogens is 460 g/mol. The maximum absolute atomic E-state index is 14.0. The van der Waals surface area contributed by atoms with Crippen molar-refractivity contribution in [2.75, 3.05) is 26.5 Å². The van der Waals surface area contributed by atoms with Crippen LogP contribution in [0.2, 0.25) is 0 Å². The summed E-state index contributed by atoms with van der Waals surface area (Å²) in [6.07, 6.45) is 2.67. The monoisotopic (exact) mass is 492 g/mol. The van der Waals surface area contributed by atoms with Crippen LogP contribution in [0.25, 0.3) is 0 Å². The number of carbonyl (C=O) groups excluding carboxylic acids is 3. The molecule has 3 amide bonds. The lowest BCUT2D eigenvalue weighted by molar-refractivity contribution is -0.143. The average molecular weight is 493 g/mol. The maximum Gasteiger partial charge on any atom is 0.241 e. The summed E-state index contributed by atoms with van der Waals surface area (Å²) in [5, 5.41) is 0. The molecule has 0 unspecified atom stereocenters. The molecule has 2 saturated heterocycles. The molecular formula is C28H32N2O6. The number of carbonyl (C=O) groups is 3. The standard InChI is InChI=1S/C28H32N2O6/c1-2-12-29(18-22-9-6-13-34-22)25(31)15-28(21-7-4-3-5-8-21)16-26(32)30(27(28)33)17-20-10-11-23-24(14-20)36-19-35-23/h3-5,7-8,10-11,14,22H,2,6,9,12-13,15-19H2,1H3/t22-,28+/m1/s1. The number of rotatable bonds is 9. The number of ether oxygens (including phenoxy) is 3. The largest absolute Gasteiger partial charge is 0.454 e. The molecule has 8 nitrogen and oxygen atoms in total. The minimum atomic E-state index is -1.23. The Balaban J connectivity index is 1.41. The maximum atomic E-state index is 14.0. The summed E-state index contributed by atoms with van der Waals surface area (Å²) < 4.78 is 16.6. The van der Waals surface area contributed by atoms with E-state index in [0.717, 1.165) is 24.8 Å². The van der Waals surface area contributed by atoms with E-state index in [2.05, 4.69) is 0 Å². The fourth-order valence-corrected chi connectivity index (χ4v) is 5.40. The van der Waals surface area contributed by atoms with Crippen molar-refractivity contribution in [3.05, 3.63) is 59.7 Å². The Morgan fingerprint density at radius 2 is 1.92 bits per heavy atom. The minimum absolute atomic E-state index is 0.0246. The van der Waals surface area contributed by atoms with Crippen molar-refractivity contribution < 1.29 is 28.6 Å². The number of hydrogen-bond acceptors (Lipinski definition) is 6. The van der Waals surface area contributed by atoms with Gasteiger partial charge in [0, 0.05) is 32.5 Å². The van der Waals surface area contributed by atoms with Crippen molar-refractivity contribution in [3.63, 3.8) is 0 Å². The average Bonchev–Trinajstić information content (AvgIpc) is 3.62. The molecule has 0 spiro atoms. The van der Waals surface area contributed by atoms with E-state index in [4.69, 9.17) is 14.2 Å². The van der Waals surface area contributed by atoms with Crippen LogP contribution in [0.3, 0.4) is 0 Å². The summed E-state index contributed by atoms with van der Waals surface area (Å²) in [6, 6.07) is 14.6. The Kier molecular flexibility index (Phi) is 6.96. The lowest BCUT2D eigenvalue weighted by atomic mass is 9.75. The Labute approximate surface area is 211 Å². The smallest absolute Gasteiger partial charge is 0.241 e. The van der Waals surface area contributed by atoms with Gasteiger partial charge >= 0.3 is 0 Å². The highest BCUT2D eigenvalue weighted by atomic mass is 16.7. The Bertz CT molecular complexity index is 1130. The Hall–Kier alpha value is -3.39. The second kappa shape index (κ2) is 10.3. The lowest BCUT2D eigenvalue weighted by Gasteiger charge is -2.31. The van der Waals surface area contributed by atoms with E-state index in [0.29, 0.717) is 36.8 Å². The van der Waals surface area contributed by atoms with E-state index in [1.165, 1.54) is 4.90 Å².